The molecule has 0 bridgehead atoms. The highest BCUT2D eigenvalue weighted by molar-refractivity contribution is 5.89. The van der Waals surface area contributed by atoms with Crippen LogP contribution in [0.4, 0.5) is 0 Å². The van der Waals surface area contributed by atoms with Gasteiger partial charge in [-0.05, 0) is 154 Å². The molecule has 0 N–H and O–H groups in total. The summed E-state index contributed by atoms with van der Waals surface area (Å²) in [6.45, 7) is 45.1. The van der Waals surface area contributed by atoms with Gasteiger partial charge in [-0.3, -0.25) is 0 Å². The van der Waals surface area contributed by atoms with Gasteiger partial charge in [-0.25, -0.2) is 0 Å². The Hall–Kier alpha value is -4.16. The summed E-state index contributed by atoms with van der Waals surface area (Å²) in [4.78, 5) is 0. The van der Waals surface area contributed by atoms with Crippen LogP contribution >= 0.6 is 0 Å². The average molecular weight is 699 g/mol. The molecule has 0 heteroatoms. The van der Waals surface area contributed by atoms with Gasteiger partial charge in [0.25, 0.3) is 0 Å². The van der Waals surface area contributed by atoms with Crippen molar-refractivity contribution in [2.75, 3.05) is 0 Å². The minimum absolute atomic E-state index is 0.0307. The molecular weight excluding hydrogens is 637 g/mol. The minimum atomic E-state index is -0.180. The number of hydrogen-bond donors (Lipinski definition) is 0. The van der Waals surface area contributed by atoms with Crippen molar-refractivity contribution in [1.82, 2.24) is 0 Å². The molecule has 274 valence electrons. The largest absolute Gasteiger partial charge is 0.0992 e. The normalized spacial score (nSPS) is 27.7. The predicted octanol–water partition coefficient (Wildman–Crippen LogP) is 14.5. The molecule has 0 aromatic heterocycles. The highest BCUT2D eigenvalue weighted by Crippen LogP contribution is 2.74. The number of fused-ring (bicyclic) bond motifs is 4. The summed E-state index contributed by atoms with van der Waals surface area (Å²) >= 11 is 0. The molecule has 4 aliphatic rings. The standard InChI is InChI=1S/C53H62/c1-30(2)42-20-21-44-27-45(28-46(44)26-42)41-18-16-40(17-19-41)24-32(5)25-43-22-23-47-36(9)52(14)39(12)51(13)29-33(6)48(31(3)4)37(10)53(51,15)38(11)50(52)35(8)49(47)34(43)7/h16-23,26-27,30,36,39H,3,5,8,10,24-25,28-29H2,1-2,4,6-7,9,11-15H3/t36-,39+,51+,52-,53-/m1/s1. The monoisotopic (exact) mass is 698 g/mol. The Morgan fingerprint density at radius 1 is 0.887 bits per heavy atom. The van der Waals surface area contributed by atoms with Crippen LogP contribution < -0.4 is 0 Å². The van der Waals surface area contributed by atoms with Gasteiger partial charge in [0.2, 0.25) is 0 Å². The predicted molar refractivity (Wildman–Crippen MR) is 231 cm³/mol. The van der Waals surface area contributed by atoms with Gasteiger partial charge in [-0.2, -0.15) is 0 Å². The van der Waals surface area contributed by atoms with E-state index in [0.29, 0.717) is 17.8 Å². The molecular formula is C53H62. The van der Waals surface area contributed by atoms with Gasteiger partial charge in [0, 0.05) is 10.8 Å². The fraction of sp³-hybridized carbons (Fsp3) is 0.396. The van der Waals surface area contributed by atoms with Crippen LogP contribution in [-0.4, -0.2) is 0 Å². The Morgan fingerprint density at radius 3 is 2.21 bits per heavy atom. The van der Waals surface area contributed by atoms with Crippen LogP contribution in [0.3, 0.4) is 0 Å². The quantitative estimate of drug-likeness (QED) is 0.216. The second-order valence-corrected chi connectivity index (χ2v) is 18.4. The summed E-state index contributed by atoms with van der Waals surface area (Å²) in [6, 6.07) is 21.0. The Balaban J connectivity index is 1.15. The highest BCUT2D eigenvalue weighted by atomic mass is 14.7. The zero-order valence-electron chi connectivity index (χ0n) is 34.7. The van der Waals surface area contributed by atoms with Crippen molar-refractivity contribution in [2.24, 2.45) is 22.2 Å². The van der Waals surface area contributed by atoms with Crippen LogP contribution in [0.15, 0.2) is 120 Å². The van der Waals surface area contributed by atoms with Crippen LogP contribution in [0.2, 0.25) is 0 Å². The van der Waals surface area contributed by atoms with Gasteiger partial charge in [0.05, 0.1) is 0 Å². The summed E-state index contributed by atoms with van der Waals surface area (Å²) in [5, 5.41) is 0. The Morgan fingerprint density at radius 2 is 1.57 bits per heavy atom. The van der Waals surface area contributed by atoms with Gasteiger partial charge in [0.1, 0.15) is 0 Å². The smallest absolute Gasteiger partial charge is 0.0196 e. The Labute approximate surface area is 321 Å². The van der Waals surface area contributed by atoms with E-state index in [9.17, 15) is 0 Å². The number of hydrogen-bond acceptors (Lipinski definition) is 0. The number of allylic oxidation sites excluding steroid dienone is 9. The fourth-order valence-electron chi connectivity index (χ4n) is 11.7. The maximum Gasteiger partial charge on any atom is 0.0196 e. The lowest BCUT2D eigenvalue weighted by atomic mass is 9.37. The molecule has 0 aliphatic heterocycles. The first-order valence-corrected chi connectivity index (χ1v) is 20.0. The Kier molecular flexibility index (Phi) is 8.92. The van der Waals surface area contributed by atoms with Crippen LogP contribution in [-0.2, 0) is 19.3 Å². The molecule has 0 spiro atoms. The molecule has 53 heavy (non-hydrogen) atoms. The maximum atomic E-state index is 4.96. The van der Waals surface area contributed by atoms with Gasteiger partial charge in [-0.15, -0.1) is 0 Å². The average Bonchev–Trinajstić information content (AvgIpc) is 3.53. The lowest BCUT2D eigenvalue weighted by Crippen LogP contribution is -2.58. The highest BCUT2D eigenvalue weighted by Gasteiger charge is 2.65. The van der Waals surface area contributed by atoms with E-state index in [1.54, 1.807) is 0 Å². The summed E-state index contributed by atoms with van der Waals surface area (Å²) in [5.74, 6) is 1.33. The van der Waals surface area contributed by atoms with E-state index in [0.717, 1.165) is 31.3 Å². The fourth-order valence-corrected chi connectivity index (χ4v) is 11.7. The van der Waals surface area contributed by atoms with Crippen LogP contribution in [0, 0.1) is 29.1 Å². The summed E-state index contributed by atoms with van der Waals surface area (Å²) in [6.07, 6.45) is 6.19. The van der Waals surface area contributed by atoms with Crippen molar-refractivity contribution in [3.05, 3.63) is 170 Å². The summed E-state index contributed by atoms with van der Waals surface area (Å²) < 4.78 is 0. The third-order valence-electron chi connectivity index (χ3n) is 15.4. The molecule has 5 atom stereocenters. The molecule has 0 amide bonds. The lowest BCUT2D eigenvalue weighted by molar-refractivity contribution is -0.0260. The zero-order valence-corrected chi connectivity index (χ0v) is 34.7. The maximum absolute atomic E-state index is 4.96. The van der Waals surface area contributed by atoms with E-state index >= 15 is 0 Å². The van der Waals surface area contributed by atoms with Crippen LogP contribution in [0.25, 0.3) is 17.2 Å². The molecule has 0 radical (unpaired) electrons. The molecule has 4 aliphatic carbocycles. The van der Waals surface area contributed by atoms with Gasteiger partial charge in [-0.1, -0.05) is 158 Å². The number of benzene rings is 3. The van der Waals surface area contributed by atoms with E-state index in [1.165, 1.54) is 94.7 Å². The third kappa shape index (κ3) is 5.29. The molecule has 3 aromatic carbocycles. The first kappa shape index (κ1) is 37.2. The first-order valence-electron chi connectivity index (χ1n) is 20.0. The van der Waals surface area contributed by atoms with E-state index in [4.69, 9.17) is 13.2 Å². The molecule has 0 nitrogen and oxygen atoms in total. The van der Waals surface area contributed by atoms with Gasteiger partial charge >= 0.3 is 0 Å². The van der Waals surface area contributed by atoms with Gasteiger partial charge < -0.3 is 0 Å². The molecule has 0 fully saturated rings. The molecule has 0 heterocycles. The van der Waals surface area contributed by atoms with Crippen LogP contribution in [0.1, 0.15) is 138 Å². The van der Waals surface area contributed by atoms with Crippen molar-refractivity contribution in [3.8, 4) is 0 Å². The third-order valence-corrected chi connectivity index (χ3v) is 15.4. The molecule has 0 saturated carbocycles. The van der Waals surface area contributed by atoms with E-state index in [2.05, 4.69) is 150 Å². The zero-order chi connectivity index (χ0) is 38.5. The molecule has 0 saturated heterocycles. The van der Waals surface area contributed by atoms with Crippen LogP contribution in [0.5, 0.6) is 0 Å². The topological polar surface area (TPSA) is 0 Å². The molecule has 0 unspecified atom stereocenters. The lowest BCUT2D eigenvalue weighted by Gasteiger charge is -2.67. The van der Waals surface area contributed by atoms with Gasteiger partial charge in [0.15, 0.2) is 0 Å². The second kappa shape index (κ2) is 12.7. The Bertz CT molecular complexity index is 2220. The summed E-state index contributed by atoms with van der Waals surface area (Å²) in [5.41, 5.74) is 24.1. The van der Waals surface area contributed by atoms with Crippen molar-refractivity contribution >= 4 is 17.2 Å². The first-order chi connectivity index (χ1) is 24.9. The minimum Gasteiger partial charge on any atom is -0.0992 e. The molecule has 7 rings (SSSR count). The van der Waals surface area contributed by atoms with E-state index in [1.807, 2.05) is 0 Å². The number of rotatable bonds is 7. The van der Waals surface area contributed by atoms with E-state index in [-0.39, 0.29) is 16.2 Å². The van der Waals surface area contributed by atoms with Crippen molar-refractivity contribution < 1.29 is 0 Å². The summed E-state index contributed by atoms with van der Waals surface area (Å²) in [7, 11) is 0. The SMILES string of the molecule is C=C(Cc1ccc(C2=Cc3ccc(C(C)C)cc3C2)cc1)Cc1ccc2c(c1C)C(=C)C1=C(C)[C@@]3(C)C(=C)C(C(=C)C)=C(C)C[C@@]3(C)[C@H](C)[C@@]1(C)[C@@H]2C. The van der Waals surface area contributed by atoms with E-state index < -0.39 is 0 Å². The van der Waals surface area contributed by atoms with Crippen molar-refractivity contribution in [1.29, 1.82) is 0 Å². The van der Waals surface area contributed by atoms with Crippen molar-refractivity contribution in [3.63, 3.8) is 0 Å². The van der Waals surface area contributed by atoms with Crippen molar-refractivity contribution in [2.45, 2.75) is 114 Å². The second-order valence-electron chi connectivity index (χ2n) is 18.4. The molecule has 3 aromatic rings.